The average molecular weight is 277 g/mol. The third-order valence-electron chi connectivity index (χ3n) is 3.02. The number of hydrogen-bond donors (Lipinski definition) is 1. The maximum Gasteiger partial charge on any atom is 0.119 e. The van der Waals surface area contributed by atoms with Crippen LogP contribution in [0.1, 0.15) is 38.3 Å². The molecule has 0 radical (unpaired) electrons. The lowest BCUT2D eigenvalue weighted by atomic mass is 10.1. The fourth-order valence-electron chi connectivity index (χ4n) is 1.81. The van der Waals surface area contributed by atoms with E-state index >= 15 is 0 Å². The third-order valence-corrected chi connectivity index (χ3v) is 3.02. The second-order valence-corrected chi connectivity index (χ2v) is 4.78. The van der Waals surface area contributed by atoms with Crippen LogP contribution in [-0.4, -0.2) is 26.4 Å². The highest BCUT2D eigenvalue weighted by atomic mass is 16.5. The highest BCUT2D eigenvalue weighted by Gasteiger charge is 2.04. The van der Waals surface area contributed by atoms with Crippen molar-refractivity contribution in [2.75, 3.05) is 26.4 Å². The maximum atomic E-state index is 5.58. The van der Waals surface area contributed by atoms with E-state index in [1.807, 2.05) is 18.2 Å². The number of benzene rings is 1. The summed E-state index contributed by atoms with van der Waals surface area (Å²) in [5.74, 6) is 0.940. The zero-order valence-electron chi connectivity index (χ0n) is 12.7. The number of nitrogens with one attached hydrogen (secondary N) is 1. The molecule has 0 aromatic heterocycles. The second kappa shape index (κ2) is 10.5. The Hall–Kier alpha value is -1.32. The molecular weight excluding hydrogens is 250 g/mol. The van der Waals surface area contributed by atoms with Crippen molar-refractivity contribution in [2.24, 2.45) is 0 Å². The van der Waals surface area contributed by atoms with Crippen LogP contribution in [0.2, 0.25) is 0 Å². The van der Waals surface area contributed by atoms with Crippen LogP contribution in [0.15, 0.2) is 36.9 Å². The monoisotopic (exact) mass is 277 g/mol. The molecule has 20 heavy (non-hydrogen) atoms. The summed E-state index contributed by atoms with van der Waals surface area (Å²) < 4.78 is 11.0. The highest BCUT2D eigenvalue weighted by Crippen LogP contribution is 2.17. The van der Waals surface area contributed by atoms with Gasteiger partial charge >= 0.3 is 0 Å². The molecule has 0 aliphatic rings. The first kappa shape index (κ1) is 16.7. The van der Waals surface area contributed by atoms with Crippen molar-refractivity contribution < 1.29 is 9.47 Å². The summed E-state index contributed by atoms with van der Waals surface area (Å²) in [6.07, 6.45) is 3.82. The van der Waals surface area contributed by atoms with Crippen LogP contribution in [0.3, 0.4) is 0 Å². The van der Waals surface area contributed by atoms with E-state index in [0.29, 0.717) is 6.04 Å². The Kier molecular flexibility index (Phi) is 8.76. The molecule has 3 nitrogen and oxygen atoms in total. The average Bonchev–Trinajstić information content (AvgIpc) is 2.49. The van der Waals surface area contributed by atoms with E-state index in [1.54, 1.807) is 0 Å². The summed E-state index contributed by atoms with van der Waals surface area (Å²) in [4.78, 5) is 0. The van der Waals surface area contributed by atoms with Crippen LogP contribution in [0.4, 0.5) is 0 Å². The minimum absolute atomic E-state index is 0.318. The lowest BCUT2D eigenvalue weighted by Crippen LogP contribution is -2.23. The topological polar surface area (TPSA) is 30.5 Å². The van der Waals surface area contributed by atoms with Gasteiger partial charge < -0.3 is 14.8 Å². The van der Waals surface area contributed by atoms with Crippen LogP contribution < -0.4 is 10.1 Å². The van der Waals surface area contributed by atoms with E-state index in [9.17, 15) is 0 Å². The highest BCUT2D eigenvalue weighted by molar-refractivity contribution is 5.28. The first-order valence-corrected chi connectivity index (χ1v) is 7.42. The largest absolute Gasteiger partial charge is 0.494 e. The van der Waals surface area contributed by atoms with E-state index in [0.717, 1.165) is 45.0 Å². The summed E-state index contributed by atoms with van der Waals surface area (Å²) in [7, 11) is 0. The molecule has 0 saturated heterocycles. The van der Waals surface area contributed by atoms with Gasteiger partial charge in [-0.3, -0.25) is 0 Å². The van der Waals surface area contributed by atoms with E-state index in [1.165, 1.54) is 5.56 Å². The van der Waals surface area contributed by atoms with Crippen LogP contribution >= 0.6 is 0 Å². The Morgan fingerprint density at radius 2 is 1.95 bits per heavy atom. The van der Waals surface area contributed by atoms with Crippen LogP contribution in [-0.2, 0) is 4.74 Å². The summed E-state index contributed by atoms with van der Waals surface area (Å²) in [5, 5.41) is 3.45. The Bertz CT molecular complexity index is 362. The summed E-state index contributed by atoms with van der Waals surface area (Å²) >= 11 is 0. The summed E-state index contributed by atoms with van der Waals surface area (Å²) in [5.41, 5.74) is 1.26. The zero-order chi connectivity index (χ0) is 14.6. The maximum absolute atomic E-state index is 5.58. The van der Waals surface area contributed by atoms with Crippen LogP contribution in [0, 0.1) is 0 Å². The number of rotatable bonds is 11. The van der Waals surface area contributed by atoms with Gasteiger partial charge in [-0.2, -0.15) is 0 Å². The van der Waals surface area contributed by atoms with Gasteiger partial charge in [0.2, 0.25) is 0 Å². The first-order valence-electron chi connectivity index (χ1n) is 7.42. The number of ether oxygens (including phenoxy) is 2. The standard InChI is InChI=1S/C17H27NO2/c1-4-6-13-19-14-11-18-15(3)16-7-9-17(10-8-16)20-12-5-2/h4,7-10,15,18H,1,5-6,11-14H2,2-3H3. The zero-order valence-corrected chi connectivity index (χ0v) is 12.7. The smallest absolute Gasteiger partial charge is 0.119 e. The second-order valence-electron chi connectivity index (χ2n) is 4.78. The molecule has 1 N–H and O–H groups in total. The molecule has 1 rings (SSSR count). The van der Waals surface area contributed by atoms with Gasteiger partial charge in [-0.05, 0) is 37.5 Å². The molecule has 1 unspecified atom stereocenters. The SMILES string of the molecule is C=CCCOCCNC(C)c1ccc(OCCC)cc1. The summed E-state index contributed by atoms with van der Waals surface area (Å²) in [6.45, 7) is 11.0. The predicted octanol–water partition coefficient (Wildman–Crippen LogP) is 3.72. The molecule has 0 bridgehead atoms. The Morgan fingerprint density at radius 1 is 1.20 bits per heavy atom. The normalized spacial score (nSPS) is 12.1. The molecule has 112 valence electrons. The van der Waals surface area contributed by atoms with E-state index < -0.39 is 0 Å². The van der Waals surface area contributed by atoms with Gasteiger partial charge in [-0.1, -0.05) is 25.1 Å². The van der Waals surface area contributed by atoms with Gasteiger partial charge in [0.1, 0.15) is 5.75 Å². The molecule has 0 aliphatic carbocycles. The lowest BCUT2D eigenvalue weighted by Gasteiger charge is -2.15. The predicted molar refractivity (Wildman–Crippen MR) is 84.3 cm³/mol. The fraction of sp³-hybridized carbons (Fsp3) is 0.529. The van der Waals surface area contributed by atoms with Crippen molar-refractivity contribution in [2.45, 2.75) is 32.7 Å². The van der Waals surface area contributed by atoms with E-state index in [2.05, 4.69) is 37.9 Å². The molecule has 1 aromatic carbocycles. The molecule has 0 heterocycles. The van der Waals surface area contributed by atoms with Gasteiger partial charge in [-0.25, -0.2) is 0 Å². The number of hydrogen-bond acceptors (Lipinski definition) is 3. The summed E-state index contributed by atoms with van der Waals surface area (Å²) in [6, 6.07) is 8.61. The van der Waals surface area contributed by atoms with Gasteiger partial charge in [-0.15, -0.1) is 6.58 Å². The van der Waals surface area contributed by atoms with E-state index in [-0.39, 0.29) is 0 Å². The van der Waals surface area contributed by atoms with E-state index in [4.69, 9.17) is 9.47 Å². The first-order chi connectivity index (χ1) is 9.77. The lowest BCUT2D eigenvalue weighted by molar-refractivity contribution is 0.138. The van der Waals surface area contributed by atoms with Crippen LogP contribution in [0.5, 0.6) is 5.75 Å². The molecule has 0 saturated carbocycles. The Labute approximate surface area is 123 Å². The van der Waals surface area contributed by atoms with Crippen molar-refractivity contribution in [3.8, 4) is 5.75 Å². The van der Waals surface area contributed by atoms with Crippen molar-refractivity contribution in [1.82, 2.24) is 5.32 Å². The van der Waals surface area contributed by atoms with Gasteiger partial charge in [0.05, 0.1) is 19.8 Å². The Balaban J connectivity index is 2.25. The minimum Gasteiger partial charge on any atom is -0.494 e. The van der Waals surface area contributed by atoms with Gasteiger partial charge in [0.25, 0.3) is 0 Å². The molecule has 0 fully saturated rings. The van der Waals surface area contributed by atoms with Crippen molar-refractivity contribution >= 4 is 0 Å². The fourth-order valence-corrected chi connectivity index (χ4v) is 1.81. The van der Waals surface area contributed by atoms with Gasteiger partial charge in [0, 0.05) is 12.6 Å². The molecular formula is C17H27NO2. The molecule has 0 amide bonds. The van der Waals surface area contributed by atoms with Crippen molar-refractivity contribution in [1.29, 1.82) is 0 Å². The molecule has 1 aromatic rings. The molecule has 3 heteroatoms. The van der Waals surface area contributed by atoms with Crippen molar-refractivity contribution in [3.05, 3.63) is 42.5 Å². The Morgan fingerprint density at radius 3 is 2.60 bits per heavy atom. The quantitative estimate of drug-likeness (QED) is 0.494. The molecule has 0 aliphatic heterocycles. The van der Waals surface area contributed by atoms with Crippen LogP contribution in [0.25, 0.3) is 0 Å². The minimum atomic E-state index is 0.318. The molecule has 0 spiro atoms. The molecule has 1 atom stereocenters. The van der Waals surface area contributed by atoms with Crippen molar-refractivity contribution in [3.63, 3.8) is 0 Å². The van der Waals surface area contributed by atoms with Gasteiger partial charge in [0.15, 0.2) is 0 Å². The third kappa shape index (κ3) is 6.73.